The van der Waals surface area contributed by atoms with Crippen LogP contribution in [0.2, 0.25) is 0 Å². The largest absolute Gasteiger partial charge is 0.272 e. The molecule has 0 saturated carbocycles. The molecule has 0 aliphatic heterocycles. The quantitative estimate of drug-likeness (QED) is 0.610. The van der Waals surface area contributed by atoms with Crippen LogP contribution in [0.3, 0.4) is 0 Å². The summed E-state index contributed by atoms with van der Waals surface area (Å²) in [5.41, 5.74) is 1.09. The van der Waals surface area contributed by atoms with Gasteiger partial charge in [-0.3, -0.25) is 15.4 Å². The Bertz CT molecular complexity index is 217. The lowest BCUT2D eigenvalue weighted by Gasteiger charge is -2.24. The first-order valence-electron chi connectivity index (χ1n) is 3.26. The minimum Gasteiger partial charge on any atom is -0.272 e. The van der Waals surface area contributed by atoms with Gasteiger partial charge in [0.1, 0.15) is 0 Å². The molecule has 0 heterocycles. The highest BCUT2D eigenvalue weighted by atomic mass is 32.3. The standard InChI is InChI=1S/C7H13N3S/c8-11(9,10)6-7-4-2-1-3-5-7/h1-5H,6,8-10H2. The SMILES string of the molecule is NS(N)(N)Cc1ccccc1. The molecule has 1 aromatic carbocycles. The van der Waals surface area contributed by atoms with Crippen molar-refractivity contribution in [1.82, 2.24) is 0 Å². The highest BCUT2D eigenvalue weighted by Crippen LogP contribution is 2.24. The van der Waals surface area contributed by atoms with Gasteiger partial charge in [-0.2, -0.15) is 0 Å². The molecule has 0 aliphatic rings. The van der Waals surface area contributed by atoms with Gasteiger partial charge in [-0.05, 0) is 5.56 Å². The molecule has 0 aromatic heterocycles. The maximum atomic E-state index is 5.51. The number of hydrogen-bond acceptors (Lipinski definition) is 3. The summed E-state index contributed by atoms with van der Waals surface area (Å²) in [6.07, 6.45) is 0. The predicted octanol–water partition coefficient (Wildman–Crippen LogP) is 0.612. The lowest BCUT2D eigenvalue weighted by molar-refractivity contribution is 1.36. The zero-order valence-electron chi connectivity index (χ0n) is 6.23. The van der Waals surface area contributed by atoms with Crippen molar-refractivity contribution in [3.05, 3.63) is 35.9 Å². The van der Waals surface area contributed by atoms with Crippen molar-refractivity contribution in [3.63, 3.8) is 0 Å². The minimum atomic E-state index is -1.88. The summed E-state index contributed by atoms with van der Waals surface area (Å²) in [4.78, 5) is 0. The number of benzene rings is 1. The Hall–Kier alpha value is -0.550. The fourth-order valence-electron chi connectivity index (χ4n) is 0.863. The maximum Gasteiger partial charge on any atom is 0.0387 e. The minimum absolute atomic E-state index is 0.577. The van der Waals surface area contributed by atoms with Gasteiger partial charge >= 0.3 is 0 Å². The van der Waals surface area contributed by atoms with Crippen molar-refractivity contribution in [2.45, 2.75) is 5.75 Å². The number of rotatable bonds is 2. The molecule has 0 unspecified atom stereocenters. The predicted molar refractivity (Wildman–Crippen MR) is 50.3 cm³/mol. The van der Waals surface area contributed by atoms with E-state index < -0.39 is 10.6 Å². The summed E-state index contributed by atoms with van der Waals surface area (Å²) in [6, 6.07) is 9.77. The molecular formula is C7H13N3S. The van der Waals surface area contributed by atoms with Crippen LogP contribution in [-0.4, -0.2) is 0 Å². The molecule has 62 valence electrons. The zero-order chi connectivity index (χ0) is 8.32. The van der Waals surface area contributed by atoms with E-state index in [0.29, 0.717) is 5.75 Å². The van der Waals surface area contributed by atoms with Crippen LogP contribution < -0.4 is 15.4 Å². The van der Waals surface area contributed by atoms with Crippen LogP contribution in [0.5, 0.6) is 0 Å². The molecule has 0 amide bonds. The molecule has 0 saturated heterocycles. The smallest absolute Gasteiger partial charge is 0.0387 e. The molecule has 0 fully saturated rings. The number of nitrogens with two attached hydrogens (primary N) is 3. The van der Waals surface area contributed by atoms with Gasteiger partial charge < -0.3 is 0 Å². The van der Waals surface area contributed by atoms with Gasteiger partial charge in [0.05, 0.1) is 0 Å². The molecule has 1 rings (SSSR count). The van der Waals surface area contributed by atoms with Crippen LogP contribution in [0.15, 0.2) is 30.3 Å². The normalized spacial score (nSPS) is 13.0. The van der Waals surface area contributed by atoms with E-state index in [9.17, 15) is 0 Å². The Morgan fingerprint density at radius 1 is 1.00 bits per heavy atom. The summed E-state index contributed by atoms with van der Waals surface area (Å²) in [7, 11) is -1.88. The molecule has 4 heteroatoms. The first-order chi connectivity index (χ1) is 5.08. The topological polar surface area (TPSA) is 78.1 Å². The van der Waals surface area contributed by atoms with E-state index in [0.717, 1.165) is 5.56 Å². The van der Waals surface area contributed by atoms with E-state index in [-0.39, 0.29) is 0 Å². The van der Waals surface area contributed by atoms with E-state index >= 15 is 0 Å². The van der Waals surface area contributed by atoms with Crippen LogP contribution in [-0.2, 0) is 5.75 Å². The van der Waals surface area contributed by atoms with Crippen molar-refractivity contribution in [2.75, 3.05) is 0 Å². The fraction of sp³-hybridized carbons (Fsp3) is 0.143. The highest BCUT2D eigenvalue weighted by molar-refractivity contribution is 8.27. The van der Waals surface area contributed by atoms with Crippen molar-refractivity contribution in [1.29, 1.82) is 0 Å². The summed E-state index contributed by atoms with van der Waals surface area (Å²) in [5, 5.41) is 16.5. The number of hydrogen-bond donors (Lipinski definition) is 3. The molecule has 0 bridgehead atoms. The van der Waals surface area contributed by atoms with Crippen LogP contribution in [0.1, 0.15) is 5.56 Å². The monoisotopic (exact) mass is 171 g/mol. The zero-order valence-corrected chi connectivity index (χ0v) is 7.05. The Balaban J connectivity index is 2.66. The van der Waals surface area contributed by atoms with Gasteiger partial charge in [0.25, 0.3) is 0 Å². The van der Waals surface area contributed by atoms with Gasteiger partial charge in [0.2, 0.25) is 0 Å². The lowest BCUT2D eigenvalue weighted by Crippen LogP contribution is -2.29. The average Bonchev–Trinajstić information content (AvgIpc) is 1.85. The second-order valence-corrected chi connectivity index (χ2v) is 4.64. The molecule has 3 nitrogen and oxygen atoms in total. The summed E-state index contributed by atoms with van der Waals surface area (Å²) in [6.45, 7) is 0. The molecule has 11 heavy (non-hydrogen) atoms. The fourth-order valence-corrected chi connectivity index (χ4v) is 1.63. The van der Waals surface area contributed by atoms with Crippen LogP contribution in [0.4, 0.5) is 0 Å². The van der Waals surface area contributed by atoms with Gasteiger partial charge in [-0.25, -0.2) is 0 Å². The van der Waals surface area contributed by atoms with Gasteiger partial charge in [0.15, 0.2) is 0 Å². The average molecular weight is 171 g/mol. The molecule has 0 radical (unpaired) electrons. The third kappa shape index (κ3) is 3.38. The van der Waals surface area contributed by atoms with Crippen molar-refractivity contribution in [2.24, 2.45) is 15.4 Å². The third-order valence-electron chi connectivity index (χ3n) is 1.26. The molecule has 1 aromatic rings. The third-order valence-corrected chi connectivity index (χ3v) is 2.09. The summed E-state index contributed by atoms with van der Waals surface area (Å²) < 4.78 is 0. The van der Waals surface area contributed by atoms with E-state index in [1.807, 2.05) is 30.3 Å². The van der Waals surface area contributed by atoms with E-state index in [1.165, 1.54) is 0 Å². The molecule has 0 spiro atoms. The van der Waals surface area contributed by atoms with Gasteiger partial charge in [0, 0.05) is 5.75 Å². The second kappa shape index (κ2) is 3.23. The lowest BCUT2D eigenvalue weighted by atomic mass is 10.2. The van der Waals surface area contributed by atoms with Crippen molar-refractivity contribution >= 4 is 10.6 Å². The second-order valence-electron chi connectivity index (χ2n) is 2.54. The maximum absolute atomic E-state index is 5.51. The Kier molecular flexibility index (Phi) is 2.51. The molecular weight excluding hydrogens is 158 g/mol. The van der Waals surface area contributed by atoms with E-state index in [4.69, 9.17) is 15.4 Å². The molecule has 0 atom stereocenters. The van der Waals surface area contributed by atoms with Crippen molar-refractivity contribution in [3.8, 4) is 0 Å². The summed E-state index contributed by atoms with van der Waals surface area (Å²) in [5.74, 6) is 0.577. The van der Waals surface area contributed by atoms with Crippen LogP contribution >= 0.6 is 10.6 Å². The molecule has 6 N–H and O–H groups in total. The van der Waals surface area contributed by atoms with Gasteiger partial charge in [-0.15, -0.1) is 0 Å². The first-order valence-corrected chi connectivity index (χ1v) is 5.25. The van der Waals surface area contributed by atoms with Gasteiger partial charge in [-0.1, -0.05) is 40.9 Å². The van der Waals surface area contributed by atoms with Crippen LogP contribution in [0.25, 0.3) is 0 Å². The first kappa shape index (κ1) is 8.55. The molecule has 0 aliphatic carbocycles. The van der Waals surface area contributed by atoms with E-state index in [1.54, 1.807) is 0 Å². The summed E-state index contributed by atoms with van der Waals surface area (Å²) >= 11 is 0. The Morgan fingerprint density at radius 3 is 2.00 bits per heavy atom. The van der Waals surface area contributed by atoms with Crippen molar-refractivity contribution < 1.29 is 0 Å². The van der Waals surface area contributed by atoms with E-state index in [2.05, 4.69) is 0 Å². The Labute approximate surface area is 68.3 Å². The highest BCUT2D eigenvalue weighted by Gasteiger charge is 2.05. The van der Waals surface area contributed by atoms with Crippen LogP contribution in [0, 0.1) is 0 Å². The Morgan fingerprint density at radius 2 is 1.55 bits per heavy atom.